The molecule has 2 aromatic heterocycles. The Kier molecular flexibility index (Phi) is 6.68. The Hall–Kier alpha value is -3.70. The summed E-state index contributed by atoms with van der Waals surface area (Å²) in [6.45, 7) is 10.3. The van der Waals surface area contributed by atoms with E-state index in [1.54, 1.807) is 22.6 Å². The number of allylic oxidation sites excluding steroid dienone is 1. The lowest BCUT2D eigenvalue weighted by Gasteiger charge is -2.24. The van der Waals surface area contributed by atoms with E-state index >= 15 is 0 Å². The molecule has 0 atom stereocenters. The molecule has 0 spiro atoms. The number of imidazole rings is 1. The lowest BCUT2D eigenvalue weighted by Crippen LogP contribution is -2.32. The van der Waals surface area contributed by atoms with Gasteiger partial charge in [-0.2, -0.15) is 10.4 Å². The van der Waals surface area contributed by atoms with Crippen LogP contribution in [-0.2, 0) is 13.3 Å². The van der Waals surface area contributed by atoms with Gasteiger partial charge in [0.1, 0.15) is 30.0 Å². The highest BCUT2D eigenvalue weighted by Crippen LogP contribution is 2.24. The second kappa shape index (κ2) is 9.41. The third kappa shape index (κ3) is 4.57. The first kappa shape index (κ1) is 22.0. The van der Waals surface area contributed by atoms with Gasteiger partial charge in [0.25, 0.3) is 0 Å². The van der Waals surface area contributed by atoms with Crippen molar-refractivity contribution in [1.82, 2.24) is 24.2 Å². The summed E-state index contributed by atoms with van der Waals surface area (Å²) >= 11 is 0. The predicted molar refractivity (Wildman–Crippen MR) is 119 cm³/mol. The van der Waals surface area contributed by atoms with Gasteiger partial charge >= 0.3 is 0 Å². The molecule has 0 fully saturated rings. The normalized spacial score (nSPS) is 10.7. The van der Waals surface area contributed by atoms with E-state index in [9.17, 15) is 10.4 Å². The fourth-order valence-electron chi connectivity index (χ4n) is 3.59. The Morgan fingerprint density at radius 2 is 2.13 bits per heavy atom. The summed E-state index contributed by atoms with van der Waals surface area (Å²) in [7, 11) is 0. The summed E-state index contributed by atoms with van der Waals surface area (Å²) in [6.07, 6.45) is 4.32. The van der Waals surface area contributed by atoms with E-state index in [1.165, 1.54) is 5.56 Å². The first-order valence-electron chi connectivity index (χ1n) is 10.1. The number of nitrogens with one attached hydrogen (secondary N) is 1. The molecule has 160 valence electrons. The summed E-state index contributed by atoms with van der Waals surface area (Å²) < 4.78 is 3.39. The second-order valence-corrected chi connectivity index (χ2v) is 7.41. The smallest absolute Gasteiger partial charge is 0.152 e. The van der Waals surface area contributed by atoms with E-state index in [1.807, 2.05) is 29.9 Å². The second-order valence-electron chi connectivity index (χ2n) is 7.41. The fraction of sp³-hybridized carbons (Fsp3) is 0.304. The molecule has 0 saturated heterocycles. The Labute approximate surface area is 182 Å². The average Bonchev–Trinajstić information content (AvgIpc) is 3.34. The minimum absolute atomic E-state index is 0.0888. The van der Waals surface area contributed by atoms with Crippen LogP contribution in [0.2, 0.25) is 0 Å². The largest absolute Gasteiger partial charge is 0.376 e. The van der Waals surface area contributed by atoms with Crippen molar-refractivity contribution in [1.29, 1.82) is 10.7 Å². The van der Waals surface area contributed by atoms with Gasteiger partial charge in [0.2, 0.25) is 0 Å². The number of nitrogens with zero attached hydrogens (tertiary/aromatic N) is 6. The van der Waals surface area contributed by atoms with Crippen LogP contribution in [-0.4, -0.2) is 41.7 Å². The van der Waals surface area contributed by atoms with Crippen LogP contribution in [0.15, 0.2) is 48.9 Å². The molecule has 0 aliphatic rings. The zero-order valence-corrected chi connectivity index (χ0v) is 18.1. The van der Waals surface area contributed by atoms with Crippen LogP contribution < -0.4 is 0 Å². The van der Waals surface area contributed by atoms with Crippen molar-refractivity contribution in [3.05, 3.63) is 71.4 Å². The third-order valence-corrected chi connectivity index (χ3v) is 5.00. The first-order chi connectivity index (χ1) is 14.9. The minimum Gasteiger partial charge on any atom is -0.376 e. The summed E-state index contributed by atoms with van der Waals surface area (Å²) in [5.74, 6) is 0.611. The number of aryl methyl sites for hydroxylation is 2. The van der Waals surface area contributed by atoms with Gasteiger partial charge in [-0.25, -0.2) is 4.98 Å². The number of rotatable bonds is 8. The zero-order chi connectivity index (χ0) is 22.5. The maximum absolute atomic E-state index is 10.1. The van der Waals surface area contributed by atoms with Crippen LogP contribution in [0.3, 0.4) is 0 Å². The van der Waals surface area contributed by atoms with Gasteiger partial charge in [-0.15, -0.1) is 0 Å². The fourth-order valence-corrected chi connectivity index (χ4v) is 3.59. The molecule has 0 unspecified atom stereocenters. The maximum atomic E-state index is 10.1. The molecule has 2 N–H and O–H groups in total. The lowest BCUT2D eigenvalue weighted by atomic mass is 10.1. The number of amidine groups is 1. The Morgan fingerprint density at radius 3 is 2.77 bits per heavy atom. The SMILES string of the molecule is C=C(C#N)N(CCC)C(=N)c1c(C)nc(-c2cnn(Cc3cccc(C)c3)c2)n1CO. The molecular formula is C23H27N7O. The molecular weight excluding hydrogens is 390 g/mol. The van der Waals surface area contributed by atoms with Gasteiger partial charge in [0.15, 0.2) is 5.84 Å². The van der Waals surface area contributed by atoms with Crippen molar-refractivity contribution < 1.29 is 5.11 Å². The molecule has 0 aliphatic heterocycles. The maximum Gasteiger partial charge on any atom is 0.152 e. The molecule has 0 saturated carbocycles. The summed E-state index contributed by atoms with van der Waals surface area (Å²) in [4.78, 5) is 6.15. The number of nitriles is 1. The molecule has 31 heavy (non-hydrogen) atoms. The van der Waals surface area contributed by atoms with E-state index in [4.69, 9.17) is 5.41 Å². The van der Waals surface area contributed by atoms with E-state index < -0.39 is 0 Å². The van der Waals surface area contributed by atoms with Crippen LogP contribution in [0.4, 0.5) is 0 Å². The van der Waals surface area contributed by atoms with Crippen LogP contribution >= 0.6 is 0 Å². The van der Waals surface area contributed by atoms with Crippen molar-refractivity contribution in [3.63, 3.8) is 0 Å². The van der Waals surface area contributed by atoms with Crippen LogP contribution in [0.25, 0.3) is 11.4 Å². The number of aromatic nitrogens is 4. The number of aliphatic hydroxyl groups excluding tert-OH is 1. The van der Waals surface area contributed by atoms with Gasteiger partial charge in [-0.05, 0) is 25.8 Å². The third-order valence-electron chi connectivity index (χ3n) is 5.00. The predicted octanol–water partition coefficient (Wildman–Crippen LogP) is 3.44. The van der Waals surface area contributed by atoms with Crippen molar-refractivity contribution in [3.8, 4) is 17.5 Å². The molecule has 3 rings (SSSR count). The average molecular weight is 418 g/mol. The minimum atomic E-state index is -0.351. The van der Waals surface area contributed by atoms with Gasteiger partial charge in [-0.3, -0.25) is 14.7 Å². The van der Waals surface area contributed by atoms with Gasteiger partial charge in [0, 0.05) is 12.7 Å². The molecule has 0 aliphatic carbocycles. The zero-order valence-electron chi connectivity index (χ0n) is 18.1. The molecule has 0 amide bonds. The quantitative estimate of drug-likeness (QED) is 0.332. The van der Waals surface area contributed by atoms with Crippen molar-refractivity contribution in [2.75, 3.05) is 6.54 Å². The molecule has 0 radical (unpaired) electrons. The van der Waals surface area contributed by atoms with Crippen LogP contribution in [0.5, 0.6) is 0 Å². The number of hydrogen-bond donors (Lipinski definition) is 2. The topological polar surface area (TPSA) is 107 Å². The van der Waals surface area contributed by atoms with E-state index in [0.717, 1.165) is 17.5 Å². The Morgan fingerprint density at radius 1 is 1.35 bits per heavy atom. The monoisotopic (exact) mass is 417 g/mol. The van der Waals surface area contributed by atoms with Gasteiger partial charge in [0.05, 0.1) is 24.0 Å². The highest BCUT2D eigenvalue weighted by atomic mass is 16.3. The van der Waals surface area contributed by atoms with E-state index in [0.29, 0.717) is 30.3 Å². The first-order valence-corrected chi connectivity index (χ1v) is 10.1. The van der Waals surface area contributed by atoms with Crippen molar-refractivity contribution in [2.45, 2.75) is 40.5 Å². The molecule has 0 bridgehead atoms. The molecule has 8 nitrogen and oxygen atoms in total. The number of benzene rings is 1. The summed E-state index contributed by atoms with van der Waals surface area (Å²) in [6, 6.07) is 10.3. The molecule has 3 aromatic rings. The Balaban J connectivity index is 1.95. The molecule has 8 heteroatoms. The van der Waals surface area contributed by atoms with E-state index in [-0.39, 0.29) is 18.3 Å². The van der Waals surface area contributed by atoms with Gasteiger partial charge in [-0.1, -0.05) is 43.3 Å². The number of hydrogen-bond acceptors (Lipinski definition) is 5. The van der Waals surface area contributed by atoms with Gasteiger partial charge < -0.3 is 10.0 Å². The van der Waals surface area contributed by atoms with E-state index in [2.05, 4.69) is 41.8 Å². The van der Waals surface area contributed by atoms with Crippen LogP contribution in [0, 0.1) is 30.6 Å². The highest BCUT2D eigenvalue weighted by Gasteiger charge is 2.24. The molecule has 1 aromatic carbocycles. The van der Waals surface area contributed by atoms with Crippen LogP contribution in [0.1, 0.15) is 35.9 Å². The number of aliphatic hydroxyl groups is 1. The standard InChI is InChI=1S/C23H27N7O/c1-5-9-29(17(3)11-24)22(25)21-18(4)27-23(30(21)15-31)20-12-26-28(14-20)13-19-8-6-7-16(2)10-19/h6-8,10,12,14,25,31H,3,5,9,13,15H2,1-2,4H3. The summed E-state index contributed by atoms with van der Waals surface area (Å²) in [5.41, 5.74) is 4.30. The Bertz CT molecular complexity index is 1150. The molecule has 2 heterocycles. The summed E-state index contributed by atoms with van der Waals surface area (Å²) in [5, 5.41) is 32.5. The van der Waals surface area contributed by atoms with Crippen molar-refractivity contribution in [2.24, 2.45) is 0 Å². The lowest BCUT2D eigenvalue weighted by molar-refractivity contribution is 0.211. The highest BCUT2D eigenvalue weighted by molar-refractivity contribution is 5.98. The van der Waals surface area contributed by atoms with Crippen molar-refractivity contribution >= 4 is 5.84 Å².